The van der Waals surface area contributed by atoms with Crippen LogP contribution in [-0.4, -0.2) is 39.4 Å². The first-order chi connectivity index (χ1) is 16.4. The second-order valence-electron chi connectivity index (χ2n) is 7.74. The molecule has 0 spiro atoms. The Kier molecular flexibility index (Phi) is 8.67. The summed E-state index contributed by atoms with van der Waals surface area (Å²) < 4.78 is 33.3. The van der Waals surface area contributed by atoms with Crippen LogP contribution in [0.2, 0.25) is 0 Å². The lowest BCUT2D eigenvalue weighted by molar-refractivity contribution is 0.0950. The Morgan fingerprint density at radius 3 is 2.15 bits per heavy atom. The van der Waals surface area contributed by atoms with Crippen LogP contribution < -0.4 is 14.8 Å². The molecule has 0 aliphatic heterocycles. The second kappa shape index (κ2) is 11.7. The highest BCUT2D eigenvalue weighted by Gasteiger charge is 2.17. The zero-order valence-corrected chi connectivity index (χ0v) is 20.6. The molecule has 0 bridgehead atoms. The summed E-state index contributed by atoms with van der Waals surface area (Å²) in [5, 5.41) is 2.94. The molecule has 8 heteroatoms. The minimum atomic E-state index is -3.83. The number of nitrogens with zero attached hydrogens (tertiary/aromatic N) is 1. The maximum Gasteiger partial charge on any atom is 0.262 e. The molecule has 2 N–H and O–H groups in total. The molecule has 0 fully saturated rings. The number of carbonyl (C=O) groups is 1. The highest BCUT2D eigenvalue weighted by Crippen LogP contribution is 2.26. The number of methoxy groups -OCH3 is 1. The molecule has 3 aromatic carbocycles. The monoisotopic (exact) mass is 481 g/mol. The molecule has 0 heterocycles. The average molecular weight is 482 g/mol. The number of rotatable bonds is 11. The topological polar surface area (TPSA) is 87.7 Å². The van der Waals surface area contributed by atoms with E-state index in [0.29, 0.717) is 23.5 Å². The lowest BCUT2D eigenvalue weighted by Crippen LogP contribution is -2.26. The van der Waals surface area contributed by atoms with E-state index in [4.69, 9.17) is 4.74 Å². The van der Waals surface area contributed by atoms with Crippen LogP contribution in [0.3, 0.4) is 0 Å². The van der Waals surface area contributed by atoms with Gasteiger partial charge in [-0.25, -0.2) is 8.42 Å². The summed E-state index contributed by atoms with van der Waals surface area (Å²) in [5.74, 6) is 0.155. The van der Waals surface area contributed by atoms with Crippen molar-refractivity contribution in [1.29, 1.82) is 0 Å². The Morgan fingerprint density at radius 2 is 1.50 bits per heavy atom. The second-order valence-corrected chi connectivity index (χ2v) is 9.43. The van der Waals surface area contributed by atoms with Gasteiger partial charge in [0.05, 0.1) is 17.7 Å². The minimum absolute atomic E-state index is 0.0551. The number of anilines is 1. The predicted molar refractivity (Wildman–Crippen MR) is 134 cm³/mol. The number of hydrogen-bond acceptors (Lipinski definition) is 5. The van der Waals surface area contributed by atoms with Crippen LogP contribution in [0.4, 0.5) is 5.69 Å². The Morgan fingerprint density at radius 1 is 0.882 bits per heavy atom. The molecule has 0 radical (unpaired) electrons. The van der Waals surface area contributed by atoms with Crippen molar-refractivity contribution in [2.45, 2.75) is 31.8 Å². The fraction of sp³-hybridized carbons (Fsp3) is 0.269. The zero-order valence-electron chi connectivity index (χ0n) is 19.7. The molecule has 0 unspecified atom stereocenters. The van der Waals surface area contributed by atoms with E-state index in [9.17, 15) is 13.2 Å². The predicted octanol–water partition coefficient (Wildman–Crippen LogP) is 4.27. The molecule has 7 nitrogen and oxygen atoms in total. The van der Waals surface area contributed by atoms with Gasteiger partial charge in [0, 0.05) is 18.7 Å². The van der Waals surface area contributed by atoms with E-state index in [0.717, 1.165) is 25.2 Å². The Balaban J connectivity index is 1.67. The largest absolute Gasteiger partial charge is 0.495 e. The van der Waals surface area contributed by atoms with E-state index in [-0.39, 0.29) is 10.8 Å². The molecule has 3 rings (SSSR count). The normalized spacial score (nSPS) is 11.3. The number of amides is 1. The summed E-state index contributed by atoms with van der Waals surface area (Å²) >= 11 is 0. The summed E-state index contributed by atoms with van der Waals surface area (Å²) in [6.07, 6.45) is 0. The van der Waals surface area contributed by atoms with Crippen molar-refractivity contribution in [2.75, 3.05) is 24.9 Å². The molecule has 0 saturated heterocycles. The van der Waals surface area contributed by atoms with Crippen molar-refractivity contribution in [3.05, 3.63) is 89.5 Å². The van der Waals surface area contributed by atoms with Gasteiger partial charge in [0.15, 0.2) is 0 Å². The van der Waals surface area contributed by atoms with Crippen molar-refractivity contribution in [2.24, 2.45) is 0 Å². The van der Waals surface area contributed by atoms with E-state index in [2.05, 4.69) is 34.9 Å². The molecule has 1 amide bonds. The van der Waals surface area contributed by atoms with Crippen molar-refractivity contribution in [1.82, 2.24) is 10.2 Å². The fourth-order valence-corrected chi connectivity index (χ4v) is 4.64. The van der Waals surface area contributed by atoms with Gasteiger partial charge in [0.2, 0.25) is 0 Å². The number of hydrogen-bond donors (Lipinski definition) is 2. The number of sulfonamides is 1. The molecule has 0 aromatic heterocycles. The smallest absolute Gasteiger partial charge is 0.262 e. The van der Waals surface area contributed by atoms with Crippen LogP contribution in [0, 0.1) is 0 Å². The molecule has 0 atom stereocenters. The molecule has 0 aliphatic rings. The van der Waals surface area contributed by atoms with Gasteiger partial charge < -0.3 is 10.1 Å². The number of ether oxygens (including phenoxy) is 1. The van der Waals surface area contributed by atoms with Crippen LogP contribution in [0.15, 0.2) is 77.7 Å². The highest BCUT2D eigenvalue weighted by molar-refractivity contribution is 7.92. The van der Waals surface area contributed by atoms with Gasteiger partial charge in [0.25, 0.3) is 15.9 Å². The third kappa shape index (κ3) is 6.36. The minimum Gasteiger partial charge on any atom is -0.495 e. The molecule has 0 saturated carbocycles. The van der Waals surface area contributed by atoms with Crippen molar-refractivity contribution < 1.29 is 17.9 Å². The summed E-state index contributed by atoms with van der Waals surface area (Å²) in [6, 6.07) is 20.7. The van der Waals surface area contributed by atoms with E-state index in [1.807, 2.05) is 18.2 Å². The van der Waals surface area contributed by atoms with E-state index >= 15 is 0 Å². The van der Waals surface area contributed by atoms with Gasteiger partial charge in [-0.05, 0) is 60.6 Å². The summed E-state index contributed by atoms with van der Waals surface area (Å²) in [6.45, 7) is 7.39. The van der Waals surface area contributed by atoms with Gasteiger partial charge >= 0.3 is 0 Å². The van der Waals surface area contributed by atoms with Crippen LogP contribution in [0.1, 0.15) is 35.3 Å². The first-order valence-corrected chi connectivity index (χ1v) is 12.7. The zero-order chi connectivity index (χ0) is 24.6. The average Bonchev–Trinajstić information content (AvgIpc) is 2.86. The first-order valence-electron chi connectivity index (χ1n) is 11.2. The molecule has 34 heavy (non-hydrogen) atoms. The maximum absolute atomic E-state index is 12.8. The lowest BCUT2D eigenvalue weighted by atomic mass is 10.1. The molecule has 180 valence electrons. The molecule has 3 aromatic rings. The van der Waals surface area contributed by atoms with Crippen LogP contribution in [0.25, 0.3) is 0 Å². The number of benzene rings is 3. The fourth-order valence-electron chi connectivity index (χ4n) is 3.57. The molecular weight excluding hydrogens is 450 g/mol. The Hall–Kier alpha value is -3.36. The summed E-state index contributed by atoms with van der Waals surface area (Å²) in [7, 11) is -2.36. The number of para-hydroxylation sites is 2. The standard InChI is InChI=1S/C26H31N3O4S/c1-4-29(5-2)19-22-11-7-6-10-21(22)18-27-26(30)20-14-16-23(17-15-20)34(31,32)28-24-12-8-9-13-25(24)33-3/h6-17,28H,4-5,18-19H2,1-3H3,(H,27,30). The van der Waals surface area contributed by atoms with Crippen molar-refractivity contribution in [3.8, 4) is 5.75 Å². The Bertz CT molecular complexity index is 1210. The van der Waals surface area contributed by atoms with E-state index < -0.39 is 10.0 Å². The summed E-state index contributed by atoms with van der Waals surface area (Å²) in [5.41, 5.74) is 2.96. The van der Waals surface area contributed by atoms with Crippen molar-refractivity contribution >= 4 is 21.6 Å². The van der Waals surface area contributed by atoms with Gasteiger partial charge in [-0.15, -0.1) is 0 Å². The number of nitrogens with one attached hydrogen (secondary N) is 2. The number of carbonyl (C=O) groups excluding carboxylic acids is 1. The Labute approximate surface area is 201 Å². The van der Waals surface area contributed by atoms with Gasteiger partial charge in [-0.3, -0.25) is 14.4 Å². The third-order valence-corrected chi connectivity index (χ3v) is 7.01. The van der Waals surface area contributed by atoms with E-state index in [1.165, 1.54) is 36.9 Å². The SMILES string of the molecule is CCN(CC)Cc1ccccc1CNC(=O)c1ccc(S(=O)(=O)Nc2ccccc2OC)cc1. The first kappa shape index (κ1) is 25.3. The van der Waals surface area contributed by atoms with Crippen LogP contribution in [0.5, 0.6) is 5.75 Å². The lowest BCUT2D eigenvalue weighted by Gasteiger charge is -2.20. The van der Waals surface area contributed by atoms with Crippen LogP contribution >= 0.6 is 0 Å². The maximum atomic E-state index is 12.8. The molecule has 0 aliphatic carbocycles. The highest BCUT2D eigenvalue weighted by atomic mass is 32.2. The van der Waals surface area contributed by atoms with Crippen molar-refractivity contribution in [3.63, 3.8) is 0 Å². The van der Waals surface area contributed by atoms with Crippen LogP contribution in [-0.2, 0) is 23.1 Å². The third-order valence-electron chi connectivity index (χ3n) is 5.62. The van der Waals surface area contributed by atoms with Gasteiger partial charge in [-0.2, -0.15) is 0 Å². The quantitative estimate of drug-likeness (QED) is 0.427. The van der Waals surface area contributed by atoms with E-state index in [1.54, 1.807) is 24.3 Å². The van der Waals surface area contributed by atoms with Gasteiger partial charge in [-0.1, -0.05) is 50.2 Å². The van der Waals surface area contributed by atoms with Gasteiger partial charge in [0.1, 0.15) is 5.75 Å². The molecular formula is C26H31N3O4S. The summed E-state index contributed by atoms with van der Waals surface area (Å²) in [4.78, 5) is 15.1.